The number of carboxylic acid groups (broad SMARTS) is 3. The predicted molar refractivity (Wildman–Crippen MR) is 338 cm³/mol. The third kappa shape index (κ3) is 18.6. The van der Waals surface area contributed by atoms with Crippen molar-refractivity contribution in [1.29, 1.82) is 0 Å². The number of aliphatic carboxylic acids is 3. The van der Waals surface area contributed by atoms with Crippen molar-refractivity contribution in [2.75, 3.05) is 37.8 Å². The summed E-state index contributed by atoms with van der Waals surface area (Å²) in [7, 11) is -16.6. The van der Waals surface area contributed by atoms with E-state index in [0.29, 0.717) is 44.2 Å². The lowest BCUT2D eigenvalue weighted by Crippen LogP contribution is -2.46. The van der Waals surface area contributed by atoms with Gasteiger partial charge in [0.25, 0.3) is 0 Å². The lowest BCUT2D eigenvalue weighted by atomic mass is 9.87. The lowest BCUT2D eigenvalue weighted by molar-refractivity contribution is -0.138. The number of aromatic nitrogens is 8. The quantitative estimate of drug-likeness (QED) is 0.0208. The number of carbonyl (C=O) groups is 6. The van der Waals surface area contributed by atoms with Gasteiger partial charge in [-0.3, -0.25) is 46.9 Å². The van der Waals surface area contributed by atoms with Gasteiger partial charge in [0.2, 0.25) is 11.8 Å². The first kappa shape index (κ1) is 73.4. The molecule has 0 spiro atoms. The molecule has 38 heteroatoms. The molecule has 0 aromatic carbocycles. The molecule has 1 saturated heterocycles. The first-order chi connectivity index (χ1) is 44.5. The van der Waals surface area contributed by atoms with Crippen molar-refractivity contribution in [3.63, 3.8) is 0 Å². The van der Waals surface area contributed by atoms with Crippen LogP contribution in [0.3, 0.4) is 0 Å². The minimum Gasteiger partial charge on any atom is -0.481 e. The van der Waals surface area contributed by atoms with Crippen molar-refractivity contribution < 1.29 is 110 Å². The number of imidazole rings is 1. The summed E-state index contributed by atoms with van der Waals surface area (Å²) in [5.41, 5.74) is 13.0. The van der Waals surface area contributed by atoms with Crippen molar-refractivity contribution in [2.45, 2.75) is 130 Å². The smallest absolute Gasteiger partial charge is 0.481 e. The Kier molecular flexibility index (Phi) is 23.4. The van der Waals surface area contributed by atoms with Gasteiger partial charge in [0.1, 0.15) is 36.3 Å². The monoisotopic (exact) mass is 1410 g/mol. The van der Waals surface area contributed by atoms with Gasteiger partial charge in [-0.2, -0.15) is 4.31 Å². The third-order valence-electron chi connectivity index (χ3n) is 16.1. The number of nitrogens with one attached hydrogen (secondary N) is 6. The zero-order valence-electron chi connectivity index (χ0n) is 52.1. The van der Waals surface area contributed by atoms with Crippen LogP contribution in [0.4, 0.5) is 5.82 Å². The summed E-state index contributed by atoms with van der Waals surface area (Å²) in [5.74, 6) is -4.41. The second-order valence-electron chi connectivity index (χ2n) is 23.3. The number of amides is 2. The third-order valence-corrected chi connectivity index (χ3v) is 20.1. The fourth-order valence-corrected chi connectivity index (χ4v) is 14.4. The number of carboxylic acids is 3. The van der Waals surface area contributed by atoms with Crippen LogP contribution < -0.4 is 37.8 Å². The Labute approximate surface area is 544 Å². The number of H-pyrrole nitrogens is 4. The van der Waals surface area contributed by atoms with E-state index in [1.807, 2.05) is 52.0 Å². The minimum atomic E-state index is -5.65. The topological polar surface area (TPSA) is 539 Å². The van der Waals surface area contributed by atoms with Gasteiger partial charge in [-0.05, 0) is 122 Å². The first-order valence-electron chi connectivity index (χ1n) is 29.5. The molecule has 8 rings (SSSR count). The number of hydrogen-bond donors (Lipinski definition) is 16. The molecule has 8 bridgehead atoms. The zero-order valence-corrected chi connectivity index (χ0v) is 55.6. The van der Waals surface area contributed by atoms with E-state index in [1.165, 1.54) is 13.8 Å². The van der Waals surface area contributed by atoms with E-state index in [-0.39, 0.29) is 98.7 Å². The zero-order chi connectivity index (χ0) is 69.6. The number of fused-ring (bicyclic) bond motifs is 9. The molecule has 8 heterocycles. The Balaban J connectivity index is 0.848. The number of ether oxygens (including phenoxy) is 1. The normalized spacial score (nSPS) is 19.1. The van der Waals surface area contributed by atoms with Crippen molar-refractivity contribution in [2.24, 2.45) is 5.41 Å². The Bertz CT molecular complexity index is 4340. The summed E-state index contributed by atoms with van der Waals surface area (Å²) < 4.78 is 63.1. The summed E-state index contributed by atoms with van der Waals surface area (Å²) in [4.78, 5) is 141. The van der Waals surface area contributed by atoms with Crippen LogP contribution in [0.25, 0.3) is 35.5 Å². The van der Waals surface area contributed by atoms with Crippen molar-refractivity contribution in [1.82, 2.24) is 50.1 Å². The number of aliphatic hydroxyl groups excluding tert-OH is 2. The summed E-state index contributed by atoms with van der Waals surface area (Å²) in [6.45, 7) is 7.62. The van der Waals surface area contributed by atoms with Crippen LogP contribution in [0.15, 0.2) is 12.7 Å². The summed E-state index contributed by atoms with van der Waals surface area (Å²) in [6, 6.07) is 0. The van der Waals surface area contributed by atoms with E-state index in [0.717, 1.165) is 73.5 Å². The lowest BCUT2D eigenvalue weighted by Gasteiger charge is -2.30. The highest BCUT2D eigenvalue weighted by molar-refractivity contribution is 8.13. The highest BCUT2D eigenvalue weighted by Gasteiger charge is 2.50. The van der Waals surface area contributed by atoms with E-state index in [9.17, 15) is 87.6 Å². The number of aliphatic hydroxyl groups is 2. The molecule has 6 aromatic rings. The Morgan fingerprint density at radius 3 is 1.74 bits per heavy atom. The second kappa shape index (κ2) is 30.3. The van der Waals surface area contributed by atoms with E-state index in [1.54, 1.807) is 0 Å². The largest absolute Gasteiger partial charge is 0.481 e. The number of phosphoric ester groups is 3. The highest BCUT2D eigenvalue weighted by atomic mass is 32.2. The molecule has 2 aliphatic heterocycles. The van der Waals surface area contributed by atoms with Crippen LogP contribution in [0.5, 0.6) is 0 Å². The standard InChI is InChI=1S/C57H74N11O23P3S/c1-27-31(7-11-45(70)71)39-19-36-28(2)32(8-12-46(72)73)41(65-36)21-38-30(4)34(42(67-38)22-37-29(3)33(9-13-47(74)75)40(66-37)20-35(27)64-39)10-14-48(76)95-18-17-59-44(69)15-16-60-55(79)52(78)57(5,6)24-88-94(85,86)91-93(83,84)87-23-43-51(90-92(80,81)82)50(77)56(89-43)68-26-63-49-53(58)61-25-62-54(49)68/h19-22,25-26,43,50-52,56,64-67,77-78H,7-18,23-24H2,1-6H3,(H,59,69)(H,60,79)(H,70,71)(H,72,73)(H,74,75)(H,83,84)(H,85,86)(H2,58,61,62)(H2,80,81,82)/b35-20?,36-19?,37-22?,38-21-,39-19-,40-20?,41-21?,42-22-. The fourth-order valence-electron chi connectivity index (χ4n) is 10.9. The van der Waals surface area contributed by atoms with E-state index >= 15 is 0 Å². The molecule has 6 aromatic heterocycles. The maximum Gasteiger partial charge on any atom is 0.481 e. The van der Waals surface area contributed by atoms with E-state index in [4.69, 9.17) is 19.5 Å². The predicted octanol–water partition coefficient (Wildman–Crippen LogP) is 0.524. The summed E-state index contributed by atoms with van der Waals surface area (Å²) in [5, 5.41) is 58.5. The van der Waals surface area contributed by atoms with Crippen LogP contribution in [-0.2, 0) is 90.8 Å². The second-order valence-corrected chi connectivity index (χ2v) is 28.7. The number of nitrogen functional groups attached to an aromatic ring is 1. The molecule has 0 aliphatic carbocycles. The van der Waals surface area contributed by atoms with Crippen molar-refractivity contribution in [3.05, 3.63) is 101 Å². The highest BCUT2D eigenvalue weighted by Crippen LogP contribution is 2.61. The van der Waals surface area contributed by atoms with Gasteiger partial charge in [-0.1, -0.05) is 25.6 Å². The van der Waals surface area contributed by atoms with Crippen LogP contribution in [0.2, 0.25) is 0 Å². The van der Waals surface area contributed by atoms with Crippen LogP contribution in [0, 0.1) is 33.1 Å². The number of aromatic amines is 4. The number of nitrogens with zero attached hydrogens (tertiary/aromatic N) is 4. The Morgan fingerprint density at radius 1 is 0.684 bits per heavy atom. The summed E-state index contributed by atoms with van der Waals surface area (Å²) in [6.07, 6.45) is 0.685. The number of nitrogens with two attached hydrogens (primary N) is 1. The molecule has 95 heavy (non-hydrogen) atoms. The number of thioether (sulfide) groups is 1. The number of rotatable bonds is 31. The van der Waals surface area contributed by atoms with Crippen LogP contribution in [-0.4, -0.2) is 176 Å². The van der Waals surface area contributed by atoms with Gasteiger partial charge in [0.15, 0.2) is 22.8 Å². The van der Waals surface area contributed by atoms with Crippen LogP contribution >= 0.6 is 35.2 Å². The van der Waals surface area contributed by atoms with Gasteiger partial charge < -0.3 is 86.1 Å². The summed E-state index contributed by atoms with van der Waals surface area (Å²) >= 11 is 0.983. The molecule has 7 atom stereocenters. The number of anilines is 1. The van der Waals surface area contributed by atoms with Crippen molar-refractivity contribution in [3.8, 4) is 0 Å². The number of hydrogen-bond acceptors (Lipinski definition) is 21. The number of phosphoric acid groups is 3. The van der Waals surface area contributed by atoms with E-state index < -0.39 is 102 Å². The minimum absolute atomic E-state index is 0.00592. The molecule has 0 saturated carbocycles. The van der Waals surface area contributed by atoms with Gasteiger partial charge in [-0.25, -0.2) is 28.6 Å². The number of carbonyl (C=O) groups excluding carboxylic acids is 3. The fraction of sp³-hybridized carbons (Fsp3) is 0.456. The van der Waals surface area contributed by atoms with Gasteiger partial charge in [0.05, 0.1) is 19.5 Å². The molecule has 516 valence electrons. The molecule has 17 N–H and O–H groups in total. The van der Waals surface area contributed by atoms with Crippen LogP contribution in [0.1, 0.15) is 119 Å². The molecule has 1 fully saturated rings. The molecular weight excluding hydrogens is 1330 g/mol. The maximum atomic E-state index is 13.5. The molecule has 2 amide bonds. The van der Waals surface area contributed by atoms with Gasteiger partial charge >= 0.3 is 41.4 Å². The molecule has 0 radical (unpaired) electrons. The molecule has 34 nitrogen and oxygen atoms in total. The Hall–Kier alpha value is -7.43. The average Bonchev–Trinajstić information content (AvgIpc) is 1.64. The SMILES string of the molecule is Cc1c2[nH]c(c1CCC(=O)O)C=c1[nH]/c(c(CCC(=O)O)c1C)=C\c1[nH]c(c(CCC(=O)O)c1C)/C=c1\[nH]/c(c(CCC(=O)SCCNC(=O)CCNC(=O)C(O)C(C)(C)COP(=O)(O)OP(=O)(O)OCC3OC(n4cnc5c(N)ncnc54)C(O)C3OP(=O)(O)O)c1C)=C\2. The van der Waals surface area contributed by atoms with E-state index in [2.05, 4.69) is 54.4 Å². The average molecular weight is 1410 g/mol. The Morgan fingerprint density at radius 2 is 1.20 bits per heavy atom. The van der Waals surface area contributed by atoms with Gasteiger partial charge in [0, 0.05) is 101 Å². The maximum absolute atomic E-state index is 13.5. The molecule has 7 unspecified atom stereocenters. The molecular formula is C57H74N11O23P3S. The molecule has 2 aliphatic rings. The first-order valence-corrected chi connectivity index (χ1v) is 35.0. The van der Waals surface area contributed by atoms with Gasteiger partial charge in [-0.15, -0.1) is 0 Å². The van der Waals surface area contributed by atoms with Crippen molar-refractivity contribution >= 4 is 111 Å².